The summed E-state index contributed by atoms with van der Waals surface area (Å²) in [5.74, 6) is -0.310. The van der Waals surface area contributed by atoms with E-state index < -0.39 is 5.79 Å². The van der Waals surface area contributed by atoms with Crippen LogP contribution in [0, 0.1) is 5.92 Å². The van der Waals surface area contributed by atoms with Gasteiger partial charge in [0.1, 0.15) is 0 Å². The van der Waals surface area contributed by atoms with Crippen LogP contribution in [0.25, 0.3) is 0 Å². The molecule has 7 heteroatoms. The number of carbonyl (C=O) groups excluding carboxylic acids is 1. The molecule has 3 rings (SSSR count). The van der Waals surface area contributed by atoms with E-state index in [0.29, 0.717) is 26.3 Å². The lowest BCUT2D eigenvalue weighted by atomic mass is 9.90. The van der Waals surface area contributed by atoms with Crippen molar-refractivity contribution in [2.45, 2.75) is 32.1 Å². The molecular weight excluding hydrogens is 284 g/mol. The van der Waals surface area contributed by atoms with Gasteiger partial charge in [0, 0.05) is 44.4 Å². The fraction of sp³-hybridized carbons (Fsp3) is 0.733. The highest BCUT2D eigenvalue weighted by atomic mass is 16.7. The Labute approximate surface area is 130 Å². The van der Waals surface area contributed by atoms with Gasteiger partial charge in [0.05, 0.1) is 19.4 Å². The van der Waals surface area contributed by atoms with Crippen molar-refractivity contribution in [1.82, 2.24) is 20.0 Å². The van der Waals surface area contributed by atoms with Crippen LogP contribution in [0.5, 0.6) is 0 Å². The van der Waals surface area contributed by atoms with Crippen molar-refractivity contribution < 1.29 is 14.3 Å². The van der Waals surface area contributed by atoms with Gasteiger partial charge in [0.2, 0.25) is 0 Å². The number of nitrogens with zero attached hydrogens (tertiary/aromatic N) is 3. The number of hydrogen-bond acceptors (Lipinski definition) is 4. The zero-order valence-corrected chi connectivity index (χ0v) is 13.2. The zero-order chi connectivity index (χ0) is 15.6. The van der Waals surface area contributed by atoms with Crippen LogP contribution in [0.15, 0.2) is 12.4 Å². The van der Waals surface area contributed by atoms with Gasteiger partial charge < -0.3 is 19.7 Å². The zero-order valence-electron chi connectivity index (χ0n) is 13.2. The smallest absolute Gasteiger partial charge is 0.317 e. The second kappa shape index (κ2) is 6.26. The highest BCUT2D eigenvalue weighted by Gasteiger charge is 2.42. The molecule has 2 aliphatic rings. The van der Waals surface area contributed by atoms with Crippen molar-refractivity contribution in [2.75, 3.05) is 26.3 Å². The average molecular weight is 308 g/mol. The molecule has 2 fully saturated rings. The summed E-state index contributed by atoms with van der Waals surface area (Å²) >= 11 is 0. The number of amides is 2. The van der Waals surface area contributed by atoms with E-state index in [2.05, 4.69) is 10.4 Å². The highest BCUT2D eigenvalue weighted by molar-refractivity contribution is 5.74. The van der Waals surface area contributed by atoms with Crippen LogP contribution in [0.2, 0.25) is 0 Å². The van der Waals surface area contributed by atoms with Crippen molar-refractivity contribution in [3.8, 4) is 0 Å². The number of carbonyl (C=O) groups is 1. The van der Waals surface area contributed by atoms with Gasteiger partial charge in [-0.3, -0.25) is 4.68 Å². The number of hydrogen-bond donors (Lipinski definition) is 1. The molecule has 1 N–H and O–H groups in total. The largest absolute Gasteiger partial charge is 0.347 e. The minimum Gasteiger partial charge on any atom is -0.347 e. The number of piperidine rings is 1. The second-order valence-electron chi connectivity index (χ2n) is 6.18. The van der Waals surface area contributed by atoms with E-state index in [-0.39, 0.29) is 11.9 Å². The number of aromatic nitrogens is 2. The molecular formula is C15H24N4O3. The Balaban J connectivity index is 1.53. The first-order valence-electron chi connectivity index (χ1n) is 7.85. The van der Waals surface area contributed by atoms with Crippen LogP contribution in [-0.2, 0) is 23.1 Å². The van der Waals surface area contributed by atoms with Crippen LogP contribution < -0.4 is 5.32 Å². The molecule has 0 spiro atoms. The summed E-state index contributed by atoms with van der Waals surface area (Å²) in [6, 6.07) is -0.0323. The molecule has 7 nitrogen and oxygen atoms in total. The minimum atomic E-state index is -0.539. The lowest BCUT2D eigenvalue weighted by Gasteiger charge is -2.39. The molecule has 0 bridgehead atoms. The molecule has 2 amide bonds. The Kier molecular flexibility index (Phi) is 4.35. The molecule has 1 unspecified atom stereocenters. The van der Waals surface area contributed by atoms with Gasteiger partial charge in [-0.2, -0.15) is 5.10 Å². The molecule has 2 aliphatic heterocycles. The number of likely N-dealkylation sites (tertiary alicyclic amines) is 1. The standard InChI is InChI=1S/C15H24N4O3/c1-15(21-6-7-22-15)13-4-3-5-19(11-13)14(20)16-8-12-9-17-18(2)10-12/h9-10,13H,3-8,11H2,1-2H3,(H,16,20). The molecule has 0 saturated carbocycles. The third-order valence-electron chi connectivity index (χ3n) is 4.51. The van der Waals surface area contributed by atoms with Crippen molar-refractivity contribution >= 4 is 6.03 Å². The quantitative estimate of drug-likeness (QED) is 0.908. The summed E-state index contributed by atoms with van der Waals surface area (Å²) in [6.07, 6.45) is 5.68. The molecule has 1 aromatic heterocycles. The van der Waals surface area contributed by atoms with Crippen LogP contribution in [0.4, 0.5) is 4.79 Å². The van der Waals surface area contributed by atoms with Crippen LogP contribution >= 0.6 is 0 Å². The lowest BCUT2D eigenvalue weighted by molar-refractivity contribution is -0.189. The summed E-state index contributed by atoms with van der Waals surface area (Å²) in [6.45, 7) is 5.22. The average Bonchev–Trinajstić information content (AvgIpc) is 3.14. The maximum absolute atomic E-state index is 12.3. The first-order chi connectivity index (χ1) is 10.6. The van der Waals surface area contributed by atoms with Gasteiger partial charge in [0.15, 0.2) is 5.79 Å². The van der Waals surface area contributed by atoms with E-state index in [4.69, 9.17) is 9.47 Å². The lowest BCUT2D eigenvalue weighted by Crippen LogP contribution is -2.51. The van der Waals surface area contributed by atoms with E-state index in [1.165, 1.54) is 0 Å². The maximum Gasteiger partial charge on any atom is 0.317 e. The summed E-state index contributed by atoms with van der Waals surface area (Å²) in [5, 5.41) is 7.06. The molecule has 0 aromatic carbocycles. The number of rotatable bonds is 3. The molecule has 1 atom stereocenters. The van der Waals surface area contributed by atoms with E-state index in [1.54, 1.807) is 10.9 Å². The minimum absolute atomic E-state index is 0.0323. The summed E-state index contributed by atoms with van der Waals surface area (Å²) in [4.78, 5) is 14.2. The predicted octanol–water partition coefficient (Wildman–Crippen LogP) is 1.10. The molecule has 2 saturated heterocycles. The van der Waals surface area contributed by atoms with Crippen molar-refractivity contribution in [3.05, 3.63) is 18.0 Å². The van der Waals surface area contributed by atoms with Crippen molar-refractivity contribution in [2.24, 2.45) is 13.0 Å². The van der Waals surface area contributed by atoms with Crippen LogP contribution in [0.1, 0.15) is 25.3 Å². The summed E-state index contributed by atoms with van der Waals surface area (Å²) < 4.78 is 13.2. The summed E-state index contributed by atoms with van der Waals surface area (Å²) in [5.41, 5.74) is 0.999. The molecule has 122 valence electrons. The van der Waals surface area contributed by atoms with Gasteiger partial charge in [0.25, 0.3) is 0 Å². The SMILES string of the molecule is Cn1cc(CNC(=O)N2CCCC(C3(C)OCCO3)C2)cn1. The molecule has 3 heterocycles. The Hall–Kier alpha value is -1.60. The van der Waals surface area contributed by atoms with E-state index in [9.17, 15) is 4.79 Å². The van der Waals surface area contributed by atoms with Crippen molar-refractivity contribution in [3.63, 3.8) is 0 Å². The molecule has 22 heavy (non-hydrogen) atoms. The molecule has 0 radical (unpaired) electrons. The number of aryl methyl sites for hydroxylation is 1. The third-order valence-corrected chi connectivity index (χ3v) is 4.51. The van der Waals surface area contributed by atoms with Gasteiger partial charge in [-0.1, -0.05) is 0 Å². The van der Waals surface area contributed by atoms with E-state index in [1.807, 2.05) is 25.1 Å². The topological polar surface area (TPSA) is 68.6 Å². The van der Waals surface area contributed by atoms with Gasteiger partial charge in [-0.25, -0.2) is 4.79 Å². The monoisotopic (exact) mass is 308 g/mol. The summed E-state index contributed by atoms with van der Waals surface area (Å²) in [7, 11) is 1.86. The second-order valence-corrected chi connectivity index (χ2v) is 6.18. The Morgan fingerprint density at radius 3 is 2.95 bits per heavy atom. The fourth-order valence-corrected chi connectivity index (χ4v) is 3.21. The molecule has 1 aromatic rings. The van der Waals surface area contributed by atoms with Gasteiger partial charge in [-0.05, 0) is 19.8 Å². The Bertz CT molecular complexity index is 525. The Morgan fingerprint density at radius 2 is 2.27 bits per heavy atom. The normalized spacial score (nSPS) is 24.5. The number of ether oxygens (including phenoxy) is 2. The van der Waals surface area contributed by atoms with Crippen molar-refractivity contribution in [1.29, 1.82) is 0 Å². The van der Waals surface area contributed by atoms with Gasteiger partial charge in [-0.15, -0.1) is 0 Å². The highest BCUT2D eigenvalue weighted by Crippen LogP contribution is 2.34. The third kappa shape index (κ3) is 3.25. The maximum atomic E-state index is 12.3. The molecule has 0 aliphatic carbocycles. The fourth-order valence-electron chi connectivity index (χ4n) is 3.21. The first kappa shape index (κ1) is 15.3. The van der Waals surface area contributed by atoms with Gasteiger partial charge >= 0.3 is 6.03 Å². The number of nitrogens with one attached hydrogen (secondary N) is 1. The predicted molar refractivity (Wildman–Crippen MR) is 80.0 cm³/mol. The first-order valence-corrected chi connectivity index (χ1v) is 7.85. The Morgan fingerprint density at radius 1 is 1.50 bits per heavy atom. The van der Waals surface area contributed by atoms with E-state index in [0.717, 1.165) is 24.9 Å². The van der Waals surface area contributed by atoms with E-state index >= 15 is 0 Å². The number of urea groups is 1. The van der Waals surface area contributed by atoms with Crippen LogP contribution in [-0.4, -0.2) is 52.8 Å². The van der Waals surface area contributed by atoms with Crippen LogP contribution in [0.3, 0.4) is 0 Å².